The molecule has 8 heteroatoms. The van der Waals surface area contributed by atoms with E-state index in [9.17, 15) is 8.42 Å². The van der Waals surface area contributed by atoms with Crippen molar-refractivity contribution >= 4 is 33.2 Å². The molecule has 0 saturated heterocycles. The first kappa shape index (κ1) is 17.4. The van der Waals surface area contributed by atoms with Crippen molar-refractivity contribution in [3.63, 3.8) is 0 Å². The molecule has 0 bridgehead atoms. The second-order valence-electron chi connectivity index (χ2n) is 5.32. The molecule has 1 aliphatic rings. The zero-order valence-electron chi connectivity index (χ0n) is 12.8. The molecule has 2 aromatic carbocycles. The predicted octanol–water partition coefficient (Wildman–Crippen LogP) is 3.80. The third-order valence-corrected chi connectivity index (χ3v) is 5.88. The van der Waals surface area contributed by atoms with Gasteiger partial charge in [0.1, 0.15) is 13.2 Å². The molecule has 1 N–H and O–H groups in total. The molecule has 1 unspecified atom stereocenters. The van der Waals surface area contributed by atoms with Crippen molar-refractivity contribution in [1.82, 2.24) is 4.72 Å². The van der Waals surface area contributed by atoms with Crippen molar-refractivity contribution in [2.24, 2.45) is 0 Å². The molecule has 1 heterocycles. The highest BCUT2D eigenvalue weighted by Crippen LogP contribution is 2.33. The monoisotopic (exact) mass is 387 g/mol. The van der Waals surface area contributed by atoms with Crippen LogP contribution in [0.15, 0.2) is 41.3 Å². The van der Waals surface area contributed by atoms with Gasteiger partial charge in [0.2, 0.25) is 10.0 Å². The summed E-state index contributed by atoms with van der Waals surface area (Å²) in [6.07, 6.45) is 0. The van der Waals surface area contributed by atoms with Crippen LogP contribution in [0.2, 0.25) is 10.0 Å². The highest BCUT2D eigenvalue weighted by Gasteiger charge is 2.22. The Morgan fingerprint density at radius 2 is 1.71 bits per heavy atom. The van der Waals surface area contributed by atoms with Gasteiger partial charge >= 0.3 is 0 Å². The molecule has 1 atom stereocenters. The number of hydrogen-bond donors (Lipinski definition) is 1. The topological polar surface area (TPSA) is 64.6 Å². The zero-order valence-corrected chi connectivity index (χ0v) is 15.1. The second kappa shape index (κ2) is 6.80. The Balaban J connectivity index is 1.84. The molecule has 5 nitrogen and oxygen atoms in total. The zero-order chi connectivity index (χ0) is 17.3. The van der Waals surface area contributed by atoms with Crippen LogP contribution in [-0.2, 0) is 10.0 Å². The van der Waals surface area contributed by atoms with Gasteiger partial charge in [-0.25, -0.2) is 13.1 Å². The summed E-state index contributed by atoms with van der Waals surface area (Å²) in [5.74, 6) is 0.962. The van der Waals surface area contributed by atoms with E-state index < -0.39 is 16.1 Å². The average Bonchev–Trinajstić information content (AvgIpc) is 2.56. The number of rotatable bonds is 4. The van der Waals surface area contributed by atoms with Gasteiger partial charge < -0.3 is 9.47 Å². The minimum atomic E-state index is -3.73. The molecular weight excluding hydrogens is 373 g/mol. The molecule has 128 valence electrons. The van der Waals surface area contributed by atoms with Crippen molar-refractivity contribution < 1.29 is 17.9 Å². The van der Waals surface area contributed by atoms with E-state index in [-0.39, 0.29) is 4.90 Å². The van der Waals surface area contributed by atoms with Crippen LogP contribution in [0, 0.1) is 0 Å². The summed E-state index contributed by atoms with van der Waals surface area (Å²) in [5, 5.41) is 0.793. The smallest absolute Gasteiger partial charge is 0.241 e. The highest BCUT2D eigenvalue weighted by atomic mass is 35.5. The molecule has 0 aliphatic carbocycles. The molecule has 24 heavy (non-hydrogen) atoms. The van der Waals surface area contributed by atoms with Gasteiger partial charge in [-0.05, 0) is 36.8 Å². The SMILES string of the molecule is CC(NS(=O)(=O)c1ccc2c(c1)OCCO2)c1ccc(Cl)c(Cl)c1. The number of benzene rings is 2. The summed E-state index contributed by atoms with van der Waals surface area (Å²) in [6, 6.07) is 9.06. The van der Waals surface area contributed by atoms with Gasteiger partial charge in [-0.2, -0.15) is 0 Å². The Morgan fingerprint density at radius 3 is 2.42 bits per heavy atom. The summed E-state index contributed by atoms with van der Waals surface area (Å²) >= 11 is 11.9. The maximum Gasteiger partial charge on any atom is 0.241 e. The molecule has 0 aromatic heterocycles. The number of ether oxygens (including phenoxy) is 2. The molecule has 1 aliphatic heterocycles. The lowest BCUT2D eigenvalue weighted by atomic mass is 10.1. The molecule has 3 rings (SSSR count). The van der Waals surface area contributed by atoms with E-state index in [1.165, 1.54) is 12.1 Å². The lowest BCUT2D eigenvalue weighted by molar-refractivity contribution is 0.171. The highest BCUT2D eigenvalue weighted by molar-refractivity contribution is 7.89. The average molecular weight is 388 g/mol. The fraction of sp³-hybridized carbons (Fsp3) is 0.250. The first-order chi connectivity index (χ1) is 11.4. The van der Waals surface area contributed by atoms with E-state index in [2.05, 4.69) is 4.72 Å². The standard InChI is InChI=1S/C16H15Cl2NO4S/c1-10(11-2-4-13(17)14(18)8-11)19-24(20,21)12-3-5-15-16(9-12)23-7-6-22-15/h2-5,8-10,19H,6-7H2,1H3. The Kier molecular flexibility index (Phi) is 4.92. The second-order valence-corrected chi connectivity index (χ2v) is 7.85. The van der Waals surface area contributed by atoms with Crippen LogP contribution in [0.25, 0.3) is 0 Å². The van der Waals surface area contributed by atoms with Crippen molar-refractivity contribution in [2.75, 3.05) is 13.2 Å². The Morgan fingerprint density at radius 1 is 1.00 bits per heavy atom. The Bertz CT molecular complexity index is 870. The van der Waals surface area contributed by atoms with Crippen LogP contribution < -0.4 is 14.2 Å². The minimum Gasteiger partial charge on any atom is -0.486 e. The van der Waals surface area contributed by atoms with Gasteiger partial charge in [0.15, 0.2) is 11.5 Å². The van der Waals surface area contributed by atoms with Gasteiger partial charge in [-0.3, -0.25) is 0 Å². The van der Waals surface area contributed by atoms with Gasteiger partial charge in [0, 0.05) is 12.1 Å². The van der Waals surface area contributed by atoms with E-state index in [0.29, 0.717) is 40.3 Å². The largest absolute Gasteiger partial charge is 0.486 e. The van der Waals surface area contributed by atoms with Crippen LogP contribution in [0.1, 0.15) is 18.5 Å². The van der Waals surface area contributed by atoms with Gasteiger partial charge in [-0.15, -0.1) is 0 Å². The maximum atomic E-state index is 12.6. The molecule has 0 radical (unpaired) electrons. The molecule has 0 saturated carbocycles. The van der Waals surface area contributed by atoms with Crippen molar-refractivity contribution in [2.45, 2.75) is 17.9 Å². The fourth-order valence-corrected chi connectivity index (χ4v) is 3.89. The Hall–Kier alpha value is -1.47. The summed E-state index contributed by atoms with van der Waals surface area (Å²) in [5.41, 5.74) is 0.713. The van der Waals surface area contributed by atoms with E-state index in [1.54, 1.807) is 31.2 Å². The number of sulfonamides is 1. The fourth-order valence-electron chi connectivity index (χ4n) is 2.34. The lowest BCUT2D eigenvalue weighted by Crippen LogP contribution is -2.27. The predicted molar refractivity (Wildman–Crippen MR) is 92.6 cm³/mol. The first-order valence-electron chi connectivity index (χ1n) is 7.24. The molecule has 0 fully saturated rings. The van der Waals surface area contributed by atoms with Gasteiger partial charge in [-0.1, -0.05) is 29.3 Å². The van der Waals surface area contributed by atoms with Crippen LogP contribution in [-0.4, -0.2) is 21.6 Å². The van der Waals surface area contributed by atoms with Crippen molar-refractivity contribution in [1.29, 1.82) is 0 Å². The molecular formula is C16H15Cl2NO4S. The number of hydrogen-bond acceptors (Lipinski definition) is 4. The van der Waals surface area contributed by atoms with E-state index >= 15 is 0 Å². The summed E-state index contributed by atoms with van der Waals surface area (Å²) in [6.45, 7) is 2.57. The number of fused-ring (bicyclic) bond motifs is 1. The summed E-state index contributed by atoms with van der Waals surface area (Å²) < 4.78 is 38.6. The minimum absolute atomic E-state index is 0.110. The number of halogens is 2. The molecule has 0 spiro atoms. The molecule has 2 aromatic rings. The molecule has 0 amide bonds. The normalized spacial score (nSPS) is 15.1. The summed E-state index contributed by atoms with van der Waals surface area (Å²) in [4.78, 5) is 0.110. The van der Waals surface area contributed by atoms with Crippen LogP contribution >= 0.6 is 23.2 Å². The van der Waals surface area contributed by atoms with Crippen LogP contribution in [0.3, 0.4) is 0 Å². The van der Waals surface area contributed by atoms with Crippen molar-refractivity contribution in [3.8, 4) is 11.5 Å². The number of nitrogens with one attached hydrogen (secondary N) is 1. The quantitative estimate of drug-likeness (QED) is 0.865. The van der Waals surface area contributed by atoms with Crippen LogP contribution in [0.5, 0.6) is 11.5 Å². The first-order valence-corrected chi connectivity index (χ1v) is 9.48. The lowest BCUT2D eigenvalue weighted by Gasteiger charge is -2.20. The van der Waals surface area contributed by atoms with Gasteiger partial charge in [0.05, 0.1) is 14.9 Å². The third-order valence-electron chi connectivity index (χ3n) is 3.60. The Labute approximate surface area is 150 Å². The summed E-state index contributed by atoms with van der Waals surface area (Å²) in [7, 11) is -3.73. The third kappa shape index (κ3) is 3.62. The van der Waals surface area contributed by atoms with E-state index in [1.807, 2.05) is 0 Å². The van der Waals surface area contributed by atoms with E-state index in [4.69, 9.17) is 32.7 Å². The van der Waals surface area contributed by atoms with Crippen LogP contribution in [0.4, 0.5) is 0 Å². The van der Waals surface area contributed by atoms with Crippen molar-refractivity contribution in [3.05, 3.63) is 52.0 Å². The maximum absolute atomic E-state index is 12.6. The van der Waals surface area contributed by atoms with Gasteiger partial charge in [0.25, 0.3) is 0 Å². The van der Waals surface area contributed by atoms with E-state index in [0.717, 1.165) is 0 Å².